The van der Waals surface area contributed by atoms with Crippen LogP contribution in [0.4, 0.5) is 10.1 Å². The molecule has 0 saturated carbocycles. The number of halogens is 2. The molecule has 0 aliphatic carbocycles. The van der Waals surface area contributed by atoms with Gasteiger partial charge in [-0.3, -0.25) is 4.79 Å². The summed E-state index contributed by atoms with van der Waals surface area (Å²) in [7, 11) is 0. The predicted molar refractivity (Wildman–Crippen MR) is 87.5 cm³/mol. The van der Waals surface area contributed by atoms with Gasteiger partial charge in [-0.15, -0.1) is 12.4 Å². The lowest BCUT2D eigenvalue weighted by Crippen LogP contribution is -2.14. The van der Waals surface area contributed by atoms with E-state index < -0.39 is 11.7 Å². The Morgan fingerprint density at radius 1 is 1.17 bits per heavy atom. The smallest absolute Gasteiger partial charge is 0.278 e. The highest BCUT2D eigenvalue weighted by Crippen LogP contribution is 2.26. The molecule has 7 heteroatoms. The van der Waals surface area contributed by atoms with Crippen LogP contribution in [-0.2, 0) is 0 Å². The summed E-state index contributed by atoms with van der Waals surface area (Å²) in [6.07, 6.45) is 1.47. The van der Waals surface area contributed by atoms with E-state index in [-0.39, 0.29) is 23.9 Å². The maximum Gasteiger partial charge on any atom is 0.278 e. The first kappa shape index (κ1) is 16.6. The van der Waals surface area contributed by atoms with Gasteiger partial charge in [0.2, 0.25) is 0 Å². The molecule has 0 aliphatic heterocycles. The van der Waals surface area contributed by atoms with Crippen molar-refractivity contribution in [3.8, 4) is 5.75 Å². The highest BCUT2D eigenvalue weighted by molar-refractivity contribution is 6.07. The number of aromatic nitrogens is 2. The molecule has 1 aromatic carbocycles. The minimum atomic E-state index is -0.589. The molecule has 0 atom stereocenters. The molecule has 2 N–H and O–H groups in total. The van der Waals surface area contributed by atoms with Crippen molar-refractivity contribution in [2.24, 2.45) is 0 Å². The Labute approximate surface area is 137 Å². The lowest BCUT2D eigenvalue weighted by molar-refractivity contribution is 0.101. The molecular formula is C16H13ClFN3O2. The van der Waals surface area contributed by atoms with E-state index in [4.69, 9.17) is 0 Å². The molecule has 0 aliphatic rings. The monoisotopic (exact) mass is 333 g/mol. The molecule has 3 rings (SSSR count). The maximum atomic E-state index is 12.9. The largest absolute Gasteiger partial charge is 0.504 e. The topological polar surface area (TPSA) is 75.1 Å². The minimum absolute atomic E-state index is 0. The van der Waals surface area contributed by atoms with Gasteiger partial charge in [0.15, 0.2) is 11.4 Å². The van der Waals surface area contributed by atoms with Crippen molar-refractivity contribution >= 4 is 34.9 Å². The van der Waals surface area contributed by atoms with Gasteiger partial charge >= 0.3 is 0 Å². The van der Waals surface area contributed by atoms with E-state index in [2.05, 4.69) is 15.3 Å². The van der Waals surface area contributed by atoms with Gasteiger partial charge in [0.05, 0.1) is 0 Å². The number of hydrogen-bond donors (Lipinski definition) is 2. The van der Waals surface area contributed by atoms with Crippen molar-refractivity contribution in [3.63, 3.8) is 0 Å². The molecule has 3 aromatic rings. The fourth-order valence-corrected chi connectivity index (χ4v) is 2.06. The van der Waals surface area contributed by atoms with Crippen LogP contribution < -0.4 is 5.32 Å². The summed E-state index contributed by atoms with van der Waals surface area (Å²) >= 11 is 0. The summed E-state index contributed by atoms with van der Waals surface area (Å²) < 4.78 is 12.9. The molecule has 0 spiro atoms. The second-order valence-electron chi connectivity index (χ2n) is 4.81. The Bertz CT molecular complexity index is 869. The number of benzene rings is 1. The standard InChI is InChI=1S/C16H12FN3O2.ClH/c1-9-2-3-10-8-18-14(15(21)13(10)19-9)16(22)20-12-6-4-11(17)5-7-12;/h2-8,21H,1H3,(H,20,22);1H. The molecule has 0 bridgehead atoms. The first-order chi connectivity index (χ1) is 10.5. The highest BCUT2D eigenvalue weighted by atomic mass is 35.5. The average Bonchev–Trinajstić information content (AvgIpc) is 2.50. The van der Waals surface area contributed by atoms with Crippen LogP contribution in [0.15, 0.2) is 42.6 Å². The van der Waals surface area contributed by atoms with Gasteiger partial charge in [-0.25, -0.2) is 14.4 Å². The first-order valence-corrected chi connectivity index (χ1v) is 6.57. The zero-order chi connectivity index (χ0) is 15.7. The van der Waals surface area contributed by atoms with Crippen LogP contribution in [0.2, 0.25) is 0 Å². The van der Waals surface area contributed by atoms with E-state index in [1.54, 1.807) is 19.1 Å². The van der Waals surface area contributed by atoms with Crippen LogP contribution in [-0.4, -0.2) is 21.0 Å². The van der Waals surface area contributed by atoms with E-state index in [1.165, 1.54) is 30.5 Å². The van der Waals surface area contributed by atoms with Crippen molar-refractivity contribution < 1.29 is 14.3 Å². The molecular weight excluding hydrogens is 321 g/mol. The van der Waals surface area contributed by atoms with Gasteiger partial charge in [-0.05, 0) is 43.3 Å². The number of aromatic hydroxyl groups is 1. The quantitative estimate of drug-likeness (QED) is 0.753. The lowest BCUT2D eigenvalue weighted by atomic mass is 10.2. The third-order valence-electron chi connectivity index (χ3n) is 3.16. The highest BCUT2D eigenvalue weighted by Gasteiger charge is 2.17. The first-order valence-electron chi connectivity index (χ1n) is 6.57. The molecule has 23 heavy (non-hydrogen) atoms. The zero-order valence-electron chi connectivity index (χ0n) is 12.1. The normalized spacial score (nSPS) is 10.2. The Hall–Kier alpha value is -2.73. The molecule has 0 radical (unpaired) electrons. The Kier molecular flexibility index (Phi) is 4.76. The number of carbonyl (C=O) groups excluding carboxylic acids is 1. The molecule has 5 nitrogen and oxygen atoms in total. The van der Waals surface area contributed by atoms with E-state index in [0.29, 0.717) is 16.6 Å². The molecule has 118 valence electrons. The molecule has 0 fully saturated rings. The van der Waals surface area contributed by atoms with Gasteiger partial charge in [-0.1, -0.05) is 0 Å². The van der Waals surface area contributed by atoms with Gasteiger partial charge < -0.3 is 10.4 Å². The summed E-state index contributed by atoms with van der Waals surface area (Å²) in [5.74, 6) is -1.26. The number of hydrogen-bond acceptors (Lipinski definition) is 4. The molecule has 2 aromatic heterocycles. The van der Waals surface area contributed by atoms with Crippen molar-refractivity contribution in [2.45, 2.75) is 6.92 Å². The van der Waals surface area contributed by atoms with Crippen molar-refractivity contribution in [3.05, 3.63) is 59.8 Å². The summed E-state index contributed by atoms with van der Waals surface area (Å²) in [4.78, 5) is 20.4. The molecule has 1 amide bonds. The van der Waals surface area contributed by atoms with Crippen LogP contribution in [0.1, 0.15) is 16.2 Å². The summed E-state index contributed by atoms with van der Waals surface area (Å²) in [5.41, 5.74) is 1.32. The zero-order valence-corrected chi connectivity index (χ0v) is 12.9. The number of aryl methyl sites for hydroxylation is 1. The Morgan fingerprint density at radius 3 is 2.57 bits per heavy atom. The van der Waals surface area contributed by atoms with Gasteiger partial charge in [0.25, 0.3) is 5.91 Å². The second kappa shape index (κ2) is 6.58. The third kappa shape index (κ3) is 3.37. The SMILES string of the molecule is Cc1ccc2cnc(C(=O)Nc3ccc(F)cc3)c(O)c2n1.Cl. The third-order valence-corrected chi connectivity index (χ3v) is 3.16. The summed E-state index contributed by atoms with van der Waals surface area (Å²) in [5, 5.41) is 13.4. The van der Waals surface area contributed by atoms with E-state index in [0.717, 1.165) is 5.69 Å². The van der Waals surface area contributed by atoms with E-state index in [1.807, 2.05) is 0 Å². The number of carbonyl (C=O) groups is 1. The second-order valence-corrected chi connectivity index (χ2v) is 4.81. The minimum Gasteiger partial charge on any atom is -0.504 e. The summed E-state index contributed by atoms with van der Waals surface area (Å²) in [6.45, 7) is 1.79. The average molecular weight is 334 g/mol. The van der Waals surface area contributed by atoms with Gasteiger partial charge in [-0.2, -0.15) is 0 Å². The van der Waals surface area contributed by atoms with Crippen LogP contribution in [0.3, 0.4) is 0 Å². The van der Waals surface area contributed by atoms with Crippen molar-refractivity contribution in [1.82, 2.24) is 9.97 Å². The van der Waals surface area contributed by atoms with Crippen molar-refractivity contribution in [1.29, 1.82) is 0 Å². The molecule has 0 saturated heterocycles. The van der Waals surface area contributed by atoms with Gasteiger partial charge in [0, 0.05) is 23.0 Å². The van der Waals surface area contributed by atoms with E-state index >= 15 is 0 Å². The predicted octanol–water partition coefficient (Wildman–Crippen LogP) is 3.46. The lowest BCUT2D eigenvalue weighted by Gasteiger charge is -2.08. The number of anilines is 1. The molecule has 2 heterocycles. The number of amides is 1. The summed E-state index contributed by atoms with van der Waals surface area (Å²) in [6, 6.07) is 8.87. The Morgan fingerprint density at radius 2 is 1.87 bits per heavy atom. The van der Waals surface area contributed by atoms with Crippen LogP contribution >= 0.6 is 12.4 Å². The number of nitrogens with zero attached hydrogens (tertiary/aromatic N) is 2. The number of nitrogens with one attached hydrogen (secondary N) is 1. The fourth-order valence-electron chi connectivity index (χ4n) is 2.06. The van der Waals surface area contributed by atoms with Gasteiger partial charge in [0.1, 0.15) is 11.3 Å². The maximum absolute atomic E-state index is 12.9. The van der Waals surface area contributed by atoms with Crippen LogP contribution in [0.25, 0.3) is 10.9 Å². The number of pyridine rings is 2. The number of rotatable bonds is 2. The van der Waals surface area contributed by atoms with Crippen LogP contribution in [0.5, 0.6) is 5.75 Å². The fraction of sp³-hybridized carbons (Fsp3) is 0.0625. The number of fused-ring (bicyclic) bond motifs is 1. The van der Waals surface area contributed by atoms with Crippen molar-refractivity contribution in [2.75, 3.05) is 5.32 Å². The molecule has 0 unspecified atom stereocenters. The van der Waals surface area contributed by atoms with Crippen LogP contribution in [0, 0.1) is 12.7 Å². The van der Waals surface area contributed by atoms with E-state index in [9.17, 15) is 14.3 Å². The Balaban J connectivity index is 0.00000192.